The summed E-state index contributed by atoms with van der Waals surface area (Å²) in [5.41, 5.74) is 2.85. The summed E-state index contributed by atoms with van der Waals surface area (Å²) in [5, 5.41) is 2.22. The number of ketones is 2. The van der Waals surface area contributed by atoms with Gasteiger partial charge in [0.15, 0.2) is 5.78 Å². The predicted molar refractivity (Wildman–Crippen MR) is 75.2 cm³/mol. The third-order valence-corrected chi connectivity index (χ3v) is 3.37. The van der Waals surface area contributed by atoms with Crippen LogP contribution in [0, 0.1) is 0 Å². The summed E-state index contributed by atoms with van der Waals surface area (Å²) >= 11 is 0. The Morgan fingerprint density at radius 3 is 2.53 bits per heavy atom. The molecule has 0 saturated carbocycles. The maximum absolute atomic E-state index is 11.6. The van der Waals surface area contributed by atoms with Gasteiger partial charge in [0.25, 0.3) is 0 Å². The van der Waals surface area contributed by atoms with E-state index in [0.717, 1.165) is 27.4 Å². The summed E-state index contributed by atoms with van der Waals surface area (Å²) in [5.74, 6) is -0.751. The van der Waals surface area contributed by atoms with Crippen molar-refractivity contribution >= 4 is 33.4 Å². The number of fused-ring (bicyclic) bond motifs is 3. The highest BCUT2D eigenvalue weighted by Crippen LogP contribution is 2.27. The second-order valence-electron chi connectivity index (χ2n) is 4.67. The zero-order valence-corrected chi connectivity index (χ0v) is 10.6. The Balaban J connectivity index is 2.20. The molecule has 94 valence electrons. The van der Waals surface area contributed by atoms with E-state index in [1.165, 1.54) is 6.92 Å². The van der Waals surface area contributed by atoms with Gasteiger partial charge in [-0.3, -0.25) is 9.59 Å². The Morgan fingerprint density at radius 1 is 1.00 bits per heavy atom. The monoisotopic (exact) mass is 251 g/mol. The average molecular weight is 251 g/mol. The predicted octanol–water partition coefficient (Wildman–Crippen LogP) is 3.02. The molecule has 3 aromatic rings. The van der Waals surface area contributed by atoms with Crippen LogP contribution >= 0.6 is 0 Å². The van der Waals surface area contributed by atoms with E-state index in [4.69, 9.17) is 0 Å². The first-order valence-corrected chi connectivity index (χ1v) is 6.19. The van der Waals surface area contributed by atoms with E-state index < -0.39 is 5.78 Å². The molecule has 0 aliphatic carbocycles. The summed E-state index contributed by atoms with van der Waals surface area (Å²) in [6.45, 7) is 1.31. The lowest BCUT2D eigenvalue weighted by molar-refractivity contribution is -0.134. The van der Waals surface area contributed by atoms with Crippen LogP contribution in [0.4, 0.5) is 0 Å². The lowest BCUT2D eigenvalue weighted by Gasteiger charge is -2.00. The molecule has 0 bridgehead atoms. The topological polar surface area (TPSA) is 49.9 Å². The van der Waals surface area contributed by atoms with Crippen LogP contribution in [0.5, 0.6) is 0 Å². The van der Waals surface area contributed by atoms with Crippen molar-refractivity contribution in [1.82, 2.24) is 4.98 Å². The molecule has 3 rings (SSSR count). The number of nitrogens with one attached hydrogen (secondary N) is 1. The Labute approximate surface area is 110 Å². The number of hydrogen-bond donors (Lipinski definition) is 1. The maximum atomic E-state index is 11.6. The van der Waals surface area contributed by atoms with Crippen LogP contribution in [0.2, 0.25) is 0 Å². The minimum atomic E-state index is -0.395. The van der Waals surface area contributed by atoms with Gasteiger partial charge in [-0.15, -0.1) is 0 Å². The lowest BCUT2D eigenvalue weighted by atomic mass is 10.0. The highest BCUT2D eigenvalue weighted by atomic mass is 16.2. The van der Waals surface area contributed by atoms with Gasteiger partial charge < -0.3 is 4.98 Å². The van der Waals surface area contributed by atoms with Crippen LogP contribution in [-0.4, -0.2) is 16.6 Å². The van der Waals surface area contributed by atoms with E-state index in [1.54, 1.807) is 0 Å². The summed E-state index contributed by atoms with van der Waals surface area (Å²) in [6.07, 6.45) is 0.152. The van der Waals surface area contributed by atoms with Gasteiger partial charge in [-0.25, -0.2) is 0 Å². The third kappa shape index (κ3) is 1.93. The lowest BCUT2D eigenvalue weighted by Crippen LogP contribution is -2.12. The number of para-hydroxylation sites is 2. The smallest absolute Gasteiger partial charge is 0.202 e. The first-order valence-electron chi connectivity index (χ1n) is 6.19. The SMILES string of the molecule is CC(=O)C(=O)Cc1cccc2c1[nH]c1ccccc12. The van der Waals surface area contributed by atoms with E-state index in [1.807, 2.05) is 42.5 Å². The number of rotatable bonds is 3. The number of aromatic nitrogens is 1. The number of hydrogen-bond acceptors (Lipinski definition) is 2. The van der Waals surface area contributed by atoms with E-state index >= 15 is 0 Å². The Kier molecular flexibility index (Phi) is 2.67. The molecule has 0 radical (unpaired) electrons. The standard InChI is InChI=1S/C16H13NO2/c1-10(18)15(19)9-11-5-4-7-13-12-6-2-3-8-14(12)17-16(11)13/h2-8,17H,9H2,1H3. The molecule has 2 aromatic carbocycles. The van der Waals surface area contributed by atoms with Crippen LogP contribution in [0.15, 0.2) is 42.5 Å². The summed E-state index contributed by atoms with van der Waals surface area (Å²) < 4.78 is 0. The first-order chi connectivity index (χ1) is 9.16. The van der Waals surface area contributed by atoms with Crippen LogP contribution in [0.1, 0.15) is 12.5 Å². The van der Waals surface area contributed by atoms with E-state index in [2.05, 4.69) is 4.98 Å². The molecule has 0 unspecified atom stereocenters. The second-order valence-corrected chi connectivity index (χ2v) is 4.67. The van der Waals surface area contributed by atoms with Crippen molar-refractivity contribution in [3.8, 4) is 0 Å². The molecule has 1 N–H and O–H groups in total. The van der Waals surface area contributed by atoms with Gasteiger partial charge >= 0.3 is 0 Å². The second kappa shape index (κ2) is 4.35. The van der Waals surface area contributed by atoms with Gasteiger partial charge in [-0.1, -0.05) is 36.4 Å². The van der Waals surface area contributed by atoms with Gasteiger partial charge in [-0.2, -0.15) is 0 Å². The zero-order chi connectivity index (χ0) is 13.4. The zero-order valence-electron chi connectivity index (χ0n) is 10.6. The largest absolute Gasteiger partial charge is 0.354 e. The number of aromatic amines is 1. The van der Waals surface area contributed by atoms with Crippen LogP contribution in [-0.2, 0) is 16.0 Å². The van der Waals surface area contributed by atoms with Crippen molar-refractivity contribution in [2.24, 2.45) is 0 Å². The van der Waals surface area contributed by atoms with Gasteiger partial charge in [0.1, 0.15) is 0 Å². The quantitative estimate of drug-likeness (QED) is 0.727. The molecule has 0 saturated heterocycles. The number of H-pyrrole nitrogens is 1. The number of carbonyl (C=O) groups excluding carboxylic acids is 2. The molecule has 1 heterocycles. The van der Waals surface area contributed by atoms with E-state index in [-0.39, 0.29) is 12.2 Å². The fourth-order valence-corrected chi connectivity index (χ4v) is 2.38. The van der Waals surface area contributed by atoms with Gasteiger partial charge in [0.2, 0.25) is 5.78 Å². The molecular formula is C16H13NO2. The molecular weight excluding hydrogens is 238 g/mol. The molecule has 0 fully saturated rings. The minimum absolute atomic E-state index is 0.152. The van der Waals surface area contributed by atoms with E-state index in [0.29, 0.717) is 0 Å². The Bertz CT molecular complexity index is 799. The average Bonchev–Trinajstić information content (AvgIpc) is 2.78. The van der Waals surface area contributed by atoms with Crippen molar-refractivity contribution in [3.63, 3.8) is 0 Å². The molecule has 0 aliphatic rings. The van der Waals surface area contributed by atoms with Crippen molar-refractivity contribution < 1.29 is 9.59 Å². The van der Waals surface area contributed by atoms with Crippen molar-refractivity contribution in [2.75, 3.05) is 0 Å². The highest BCUT2D eigenvalue weighted by Gasteiger charge is 2.13. The maximum Gasteiger partial charge on any atom is 0.202 e. The van der Waals surface area contributed by atoms with Crippen LogP contribution < -0.4 is 0 Å². The summed E-state index contributed by atoms with van der Waals surface area (Å²) in [7, 11) is 0. The molecule has 0 aliphatic heterocycles. The molecule has 19 heavy (non-hydrogen) atoms. The highest BCUT2D eigenvalue weighted by molar-refractivity contribution is 6.37. The Morgan fingerprint density at radius 2 is 1.74 bits per heavy atom. The molecule has 0 amide bonds. The summed E-state index contributed by atoms with van der Waals surface area (Å²) in [4.78, 5) is 26.0. The molecule has 1 aromatic heterocycles. The molecule has 3 nitrogen and oxygen atoms in total. The van der Waals surface area contributed by atoms with Crippen molar-refractivity contribution in [3.05, 3.63) is 48.0 Å². The number of benzene rings is 2. The fourth-order valence-electron chi connectivity index (χ4n) is 2.38. The van der Waals surface area contributed by atoms with Crippen LogP contribution in [0.3, 0.4) is 0 Å². The Hall–Kier alpha value is -2.42. The normalized spacial score (nSPS) is 11.0. The number of Topliss-reactive ketones (excluding diaryl/α,β-unsaturated/α-hetero) is 2. The fraction of sp³-hybridized carbons (Fsp3) is 0.125. The molecule has 0 atom stereocenters. The van der Waals surface area contributed by atoms with Crippen LogP contribution in [0.25, 0.3) is 21.8 Å². The van der Waals surface area contributed by atoms with Gasteiger partial charge in [0, 0.05) is 29.6 Å². The van der Waals surface area contributed by atoms with Crippen molar-refractivity contribution in [2.45, 2.75) is 13.3 Å². The number of carbonyl (C=O) groups is 2. The van der Waals surface area contributed by atoms with E-state index in [9.17, 15) is 9.59 Å². The van der Waals surface area contributed by atoms with Gasteiger partial charge in [-0.05, 0) is 11.6 Å². The first kappa shape index (κ1) is 11.7. The van der Waals surface area contributed by atoms with Crippen molar-refractivity contribution in [1.29, 1.82) is 0 Å². The third-order valence-electron chi connectivity index (χ3n) is 3.37. The van der Waals surface area contributed by atoms with Gasteiger partial charge in [0.05, 0.1) is 5.52 Å². The minimum Gasteiger partial charge on any atom is -0.354 e. The molecule has 0 spiro atoms. The molecule has 3 heteroatoms. The summed E-state index contributed by atoms with van der Waals surface area (Å²) in [6, 6.07) is 13.8.